The zero-order valence-electron chi connectivity index (χ0n) is 26.0. The van der Waals surface area contributed by atoms with Gasteiger partial charge in [-0.05, 0) is 63.4 Å². The molecular weight excluding hydrogens is 597 g/mol. The van der Waals surface area contributed by atoms with Crippen LogP contribution in [0.25, 0.3) is 28.0 Å². The number of halogens is 2. The molecule has 1 fully saturated rings. The number of benzene rings is 1. The minimum absolute atomic E-state index is 0.0176. The number of rotatable bonds is 4. The van der Waals surface area contributed by atoms with Crippen molar-refractivity contribution in [2.45, 2.75) is 59.1 Å². The standard InChI is InChI=1S/C33H35ClFN7O3/c1-17(2)27-29(18(3)10-11-39-27)42-30-19(14-21(34)28(40-30)26-22(35)8-7-9-23(26)37)25(20(15-36)31(42)43)24-16-38-12-13-41(24)32(44)45-33(4,5)6/h7-11,14,17,24,38H,12-13,16,37H2,1-6H3. The second-order valence-corrected chi connectivity index (χ2v) is 12.8. The molecule has 4 heterocycles. The third-order valence-electron chi connectivity index (χ3n) is 7.67. The summed E-state index contributed by atoms with van der Waals surface area (Å²) in [4.78, 5) is 38.9. The molecule has 45 heavy (non-hydrogen) atoms. The van der Waals surface area contributed by atoms with Crippen molar-refractivity contribution in [1.29, 1.82) is 5.26 Å². The molecular formula is C33H35ClFN7O3. The van der Waals surface area contributed by atoms with Gasteiger partial charge >= 0.3 is 6.09 Å². The van der Waals surface area contributed by atoms with Gasteiger partial charge in [-0.1, -0.05) is 31.5 Å². The Kier molecular flexibility index (Phi) is 8.58. The van der Waals surface area contributed by atoms with Gasteiger partial charge in [-0.15, -0.1) is 0 Å². The van der Waals surface area contributed by atoms with Gasteiger partial charge in [-0.3, -0.25) is 19.2 Å². The van der Waals surface area contributed by atoms with Crippen LogP contribution in [0.15, 0.2) is 41.3 Å². The minimum atomic E-state index is -0.782. The molecule has 234 valence electrons. The molecule has 1 saturated heterocycles. The summed E-state index contributed by atoms with van der Waals surface area (Å²) in [5.74, 6) is -0.745. The molecule has 10 nitrogen and oxygen atoms in total. The van der Waals surface area contributed by atoms with E-state index in [1.165, 1.54) is 27.7 Å². The number of carbonyl (C=O) groups is 1. The third kappa shape index (κ3) is 5.83. The topological polar surface area (TPSA) is 139 Å². The number of nitrogens with two attached hydrogens (primary N) is 1. The molecule has 0 saturated carbocycles. The summed E-state index contributed by atoms with van der Waals surface area (Å²) in [6, 6.07) is 8.91. The second-order valence-electron chi connectivity index (χ2n) is 12.3. The number of aromatic nitrogens is 3. The Morgan fingerprint density at radius 2 is 2.02 bits per heavy atom. The number of hydrogen-bond donors (Lipinski definition) is 2. The number of amides is 1. The maximum Gasteiger partial charge on any atom is 0.410 e. The van der Waals surface area contributed by atoms with Crippen LogP contribution >= 0.6 is 11.6 Å². The van der Waals surface area contributed by atoms with E-state index in [9.17, 15) is 14.9 Å². The Hall–Kier alpha value is -4.53. The summed E-state index contributed by atoms with van der Waals surface area (Å²) in [5, 5.41) is 14.2. The number of anilines is 1. The highest BCUT2D eigenvalue weighted by Crippen LogP contribution is 2.39. The van der Waals surface area contributed by atoms with E-state index in [-0.39, 0.29) is 57.7 Å². The molecule has 0 aliphatic carbocycles. The number of nitriles is 1. The average Bonchev–Trinajstić information content (AvgIpc) is 2.96. The molecule has 1 atom stereocenters. The van der Waals surface area contributed by atoms with Crippen LogP contribution in [0.3, 0.4) is 0 Å². The van der Waals surface area contributed by atoms with E-state index in [0.717, 1.165) is 0 Å². The average molecular weight is 632 g/mol. The maximum absolute atomic E-state index is 15.3. The monoisotopic (exact) mass is 631 g/mol. The lowest BCUT2D eigenvalue weighted by Gasteiger charge is -2.38. The second kappa shape index (κ2) is 12.1. The number of nitrogens with zero attached hydrogens (tertiary/aromatic N) is 5. The number of hydrogen-bond acceptors (Lipinski definition) is 8. The minimum Gasteiger partial charge on any atom is -0.444 e. The predicted molar refractivity (Wildman–Crippen MR) is 172 cm³/mol. The van der Waals surface area contributed by atoms with Gasteiger partial charge in [-0.2, -0.15) is 5.26 Å². The van der Waals surface area contributed by atoms with Crippen molar-refractivity contribution >= 4 is 34.4 Å². The lowest BCUT2D eigenvalue weighted by Crippen LogP contribution is -2.50. The maximum atomic E-state index is 15.3. The van der Waals surface area contributed by atoms with E-state index in [4.69, 9.17) is 27.1 Å². The van der Waals surface area contributed by atoms with Gasteiger partial charge in [0.2, 0.25) is 0 Å². The van der Waals surface area contributed by atoms with Crippen LogP contribution in [0.1, 0.15) is 69.0 Å². The van der Waals surface area contributed by atoms with Crippen molar-refractivity contribution in [3.63, 3.8) is 0 Å². The molecule has 4 aromatic rings. The van der Waals surface area contributed by atoms with Crippen LogP contribution in [-0.2, 0) is 4.74 Å². The number of piperazine rings is 1. The normalized spacial score (nSPS) is 15.4. The Balaban J connectivity index is 1.94. The lowest BCUT2D eigenvalue weighted by molar-refractivity contribution is 0.0119. The van der Waals surface area contributed by atoms with E-state index >= 15 is 4.39 Å². The van der Waals surface area contributed by atoms with Crippen molar-refractivity contribution in [1.82, 2.24) is 24.8 Å². The molecule has 1 aromatic carbocycles. The van der Waals surface area contributed by atoms with Crippen LogP contribution in [0, 0.1) is 24.1 Å². The van der Waals surface area contributed by atoms with Gasteiger partial charge in [-0.25, -0.2) is 14.2 Å². The predicted octanol–water partition coefficient (Wildman–Crippen LogP) is 6.01. The van der Waals surface area contributed by atoms with E-state index in [1.807, 2.05) is 20.8 Å². The molecule has 12 heteroatoms. The smallest absolute Gasteiger partial charge is 0.410 e. The summed E-state index contributed by atoms with van der Waals surface area (Å²) in [6.45, 7) is 12.0. The molecule has 3 aromatic heterocycles. The number of pyridine rings is 3. The van der Waals surface area contributed by atoms with Crippen LogP contribution in [0.2, 0.25) is 5.02 Å². The Morgan fingerprint density at radius 1 is 1.29 bits per heavy atom. The van der Waals surface area contributed by atoms with E-state index in [2.05, 4.69) is 16.4 Å². The molecule has 1 unspecified atom stereocenters. The van der Waals surface area contributed by atoms with E-state index < -0.39 is 29.1 Å². The Bertz CT molecular complexity index is 1910. The fraction of sp³-hybridized carbons (Fsp3) is 0.364. The fourth-order valence-corrected chi connectivity index (χ4v) is 5.97. The van der Waals surface area contributed by atoms with Crippen LogP contribution < -0.4 is 16.6 Å². The lowest BCUT2D eigenvalue weighted by atomic mass is 9.94. The summed E-state index contributed by atoms with van der Waals surface area (Å²) < 4.78 is 22.3. The number of ether oxygens (including phenoxy) is 1. The van der Waals surface area contributed by atoms with Crippen LogP contribution in [0.4, 0.5) is 14.9 Å². The Morgan fingerprint density at radius 3 is 2.67 bits per heavy atom. The van der Waals surface area contributed by atoms with Crippen molar-refractivity contribution < 1.29 is 13.9 Å². The Labute approximate surface area is 265 Å². The summed E-state index contributed by atoms with van der Waals surface area (Å²) in [7, 11) is 0. The molecule has 0 radical (unpaired) electrons. The van der Waals surface area contributed by atoms with Crippen molar-refractivity contribution in [3.8, 4) is 23.0 Å². The molecule has 1 aliphatic heterocycles. The first-order valence-electron chi connectivity index (χ1n) is 14.6. The highest BCUT2D eigenvalue weighted by Gasteiger charge is 2.36. The van der Waals surface area contributed by atoms with Crippen molar-refractivity contribution in [3.05, 3.63) is 80.1 Å². The van der Waals surface area contributed by atoms with Gasteiger partial charge in [0.15, 0.2) is 0 Å². The molecule has 1 amide bonds. The third-order valence-corrected chi connectivity index (χ3v) is 7.96. The first kappa shape index (κ1) is 31.9. The first-order valence-corrected chi connectivity index (χ1v) is 15.0. The fourth-order valence-electron chi connectivity index (χ4n) is 5.72. The number of nitrogens with one attached hydrogen (secondary N) is 1. The van der Waals surface area contributed by atoms with Crippen LogP contribution in [0.5, 0.6) is 0 Å². The zero-order valence-corrected chi connectivity index (χ0v) is 26.8. The number of fused-ring (bicyclic) bond motifs is 1. The number of aryl methyl sites for hydroxylation is 1. The SMILES string of the molecule is Cc1ccnc(C(C)C)c1-n1c(=O)c(C#N)c(C2CNCCN2C(=O)OC(C)(C)C)c2cc(Cl)c(-c3c(N)cccc3F)nc21. The van der Waals surface area contributed by atoms with E-state index in [1.54, 1.807) is 39.1 Å². The van der Waals surface area contributed by atoms with Gasteiger partial charge in [0, 0.05) is 42.5 Å². The number of carbonyl (C=O) groups excluding carboxylic acids is 1. The largest absolute Gasteiger partial charge is 0.444 e. The van der Waals surface area contributed by atoms with Gasteiger partial charge in [0.1, 0.15) is 28.7 Å². The van der Waals surface area contributed by atoms with Gasteiger partial charge in [0.05, 0.1) is 33.7 Å². The molecule has 5 rings (SSSR count). The summed E-state index contributed by atoms with van der Waals surface area (Å²) in [6.07, 6.45) is 1.07. The molecule has 3 N–H and O–H groups in total. The summed E-state index contributed by atoms with van der Waals surface area (Å²) in [5.41, 5.74) is 6.86. The van der Waals surface area contributed by atoms with Crippen molar-refractivity contribution in [2.24, 2.45) is 0 Å². The molecule has 0 spiro atoms. The highest BCUT2D eigenvalue weighted by atomic mass is 35.5. The quantitative estimate of drug-likeness (QED) is 0.261. The molecule has 0 bridgehead atoms. The molecule has 1 aliphatic rings. The zero-order chi connectivity index (χ0) is 32.8. The van der Waals surface area contributed by atoms with Gasteiger partial charge < -0.3 is 15.8 Å². The van der Waals surface area contributed by atoms with E-state index in [0.29, 0.717) is 28.9 Å². The number of nitrogen functional groups attached to an aromatic ring is 1. The van der Waals surface area contributed by atoms with Crippen molar-refractivity contribution in [2.75, 3.05) is 25.4 Å². The van der Waals surface area contributed by atoms with Crippen LogP contribution in [-0.4, -0.2) is 50.8 Å². The summed E-state index contributed by atoms with van der Waals surface area (Å²) >= 11 is 6.84. The van der Waals surface area contributed by atoms with Gasteiger partial charge in [0.25, 0.3) is 5.56 Å². The first-order chi connectivity index (χ1) is 21.2. The highest BCUT2D eigenvalue weighted by molar-refractivity contribution is 6.34.